The lowest BCUT2D eigenvalue weighted by molar-refractivity contribution is -0.138. The summed E-state index contributed by atoms with van der Waals surface area (Å²) < 4.78 is 72.0. The van der Waals surface area contributed by atoms with Gasteiger partial charge in [0, 0.05) is 25.8 Å². The van der Waals surface area contributed by atoms with E-state index in [4.69, 9.17) is 5.41 Å². The van der Waals surface area contributed by atoms with Gasteiger partial charge in [-0.15, -0.1) is 0 Å². The number of halogens is 6. The zero-order chi connectivity index (χ0) is 22.8. The number of alkyl halides is 5. The molecule has 0 aliphatic carbocycles. The van der Waals surface area contributed by atoms with Crippen molar-refractivity contribution in [2.45, 2.75) is 35.7 Å². The molecule has 0 atom stereocenters. The molecule has 31 heavy (non-hydrogen) atoms. The zero-order valence-corrected chi connectivity index (χ0v) is 18.9. The van der Waals surface area contributed by atoms with Crippen molar-refractivity contribution in [2.24, 2.45) is 0 Å². The lowest BCUT2D eigenvalue weighted by Gasteiger charge is -2.40. The molecule has 0 unspecified atom stereocenters. The Labute approximate surface area is 185 Å². The smallest absolute Gasteiger partial charge is 0.297 e. The standard InChI is InChI=1S/C21H17BrF5N3S/c1-3-31(4-2)15-7-11-5-6-13(22)9-14(11)30-17(15)18(28)20(23,24)19-16(31)8-12(10-29-19)21(25,26)27/h5-10,28H,3-4H2,1-2H3. The van der Waals surface area contributed by atoms with Crippen LogP contribution in [-0.4, -0.2) is 27.2 Å². The lowest BCUT2D eigenvalue weighted by atomic mass is 10.0. The summed E-state index contributed by atoms with van der Waals surface area (Å²) in [5.41, 5.74) is -2.67. The molecule has 10 heteroatoms. The van der Waals surface area contributed by atoms with Gasteiger partial charge in [0.05, 0.1) is 11.1 Å². The Bertz CT molecular complexity index is 1220. The van der Waals surface area contributed by atoms with E-state index in [2.05, 4.69) is 25.9 Å². The molecule has 0 saturated carbocycles. The third-order valence-electron chi connectivity index (χ3n) is 5.60. The van der Waals surface area contributed by atoms with Crippen molar-refractivity contribution in [3.05, 3.63) is 58.0 Å². The fourth-order valence-electron chi connectivity index (χ4n) is 3.94. The van der Waals surface area contributed by atoms with Gasteiger partial charge in [-0.05, 0) is 35.8 Å². The number of hydrogen-bond donors (Lipinski definition) is 1. The predicted octanol–water partition coefficient (Wildman–Crippen LogP) is 7.15. The molecule has 4 rings (SSSR count). The average molecular weight is 518 g/mol. The molecule has 1 aromatic carbocycles. The van der Waals surface area contributed by atoms with Gasteiger partial charge in [0.15, 0.2) is 0 Å². The van der Waals surface area contributed by atoms with Gasteiger partial charge in [0.1, 0.15) is 17.1 Å². The summed E-state index contributed by atoms with van der Waals surface area (Å²) >= 11 is 3.33. The van der Waals surface area contributed by atoms with Crippen molar-refractivity contribution in [1.29, 1.82) is 5.41 Å². The van der Waals surface area contributed by atoms with E-state index >= 15 is 8.78 Å². The van der Waals surface area contributed by atoms with Crippen LogP contribution in [0.15, 0.2) is 50.8 Å². The van der Waals surface area contributed by atoms with E-state index in [0.29, 0.717) is 38.0 Å². The van der Waals surface area contributed by atoms with Crippen LogP contribution in [0, 0.1) is 5.41 Å². The van der Waals surface area contributed by atoms with Gasteiger partial charge >= 0.3 is 12.1 Å². The maximum Gasteiger partial charge on any atom is 0.417 e. The fraction of sp³-hybridized carbons (Fsp3) is 0.286. The molecule has 3 aromatic rings. The minimum atomic E-state index is -4.72. The molecular weight excluding hydrogens is 501 g/mol. The molecular formula is C21H17BrF5N3S. The Morgan fingerprint density at radius 1 is 1.06 bits per heavy atom. The fourth-order valence-corrected chi connectivity index (χ4v) is 7.95. The summed E-state index contributed by atoms with van der Waals surface area (Å²) in [4.78, 5) is 8.25. The SMILES string of the molecule is CCS1(CC)c2cc3ccc(Br)cc3nc2C(=N)C(F)(F)c2ncc(C(F)(F)F)cc21. The number of fused-ring (bicyclic) bond motifs is 3. The average Bonchev–Trinajstić information content (AvgIpc) is 2.78. The molecule has 1 aliphatic heterocycles. The van der Waals surface area contributed by atoms with E-state index in [1.807, 2.05) is 0 Å². The van der Waals surface area contributed by atoms with Crippen LogP contribution in [-0.2, 0) is 12.1 Å². The van der Waals surface area contributed by atoms with Gasteiger partial charge < -0.3 is 0 Å². The maximum atomic E-state index is 15.4. The number of pyridine rings is 2. The Morgan fingerprint density at radius 2 is 1.74 bits per heavy atom. The van der Waals surface area contributed by atoms with Crippen LogP contribution in [0.3, 0.4) is 0 Å². The van der Waals surface area contributed by atoms with Crippen molar-refractivity contribution in [2.75, 3.05) is 11.5 Å². The highest BCUT2D eigenvalue weighted by molar-refractivity contribution is 9.10. The minimum Gasteiger partial charge on any atom is -0.297 e. The van der Waals surface area contributed by atoms with Crippen LogP contribution in [0.5, 0.6) is 0 Å². The molecule has 1 aliphatic rings. The first-order valence-electron chi connectivity index (χ1n) is 9.39. The molecule has 0 bridgehead atoms. The van der Waals surface area contributed by atoms with Crippen LogP contribution in [0.25, 0.3) is 10.9 Å². The first kappa shape index (κ1) is 22.1. The molecule has 3 heterocycles. The highest BCUT2D eigenvalue weighted by Gasteiger charge is 2.51. The first-order chi connectivity index (χ1) is 14.5. The monoisotopic (exact) mass is 517 g/mol. The maximum absolute atomic E-state index is 15.4. The van der Waals surface area contributed by atoms with Crippen molar-refractivity contribution < 1.29 is 22.0 Å². The summed E-state index contributed by atoms with van der Waals surface area (Å²) in [7, 11) is -2.37. The molecule has 2 aromatic heterocycles. The number of benzene rings is 1. The van der Waals surface area contributed by atoms with E-state index in [-0.39, 0.29) is 10.6 Å². The van der Waals surface area contributed by atoms with Crippen LogP contribution < -0.4 is 0 Å². The second kappa shape index (κ2) is 7.23. The molecule has 0 fully saturated rings. The molecule has 3 nitrogen and oxygen atoms in total. The highest BCUT2D eigenvalue weighted by atomic mass is 79.9. The predicted molar refractivity (Wildman–Crippen MR) is 115 cm³/mol. The minimum absolute atomic E-state index is 0.126. The molecule has 0 spiro atoms. The van der Waals surface area contributed by atoms with Gasteiger partial charge in [-0.25, -0.2) is 4.98 Å². The van der Waals surface area contributed by atoms with E-state index in [9.17, 15) is 13.2 Å². The topological polar surface area (TPSA) is 49.6 Å². The summed E-state index contributed by atoms with van der Waals surface area (Å²) in [5, 5.41) is 8.97. The van der Waals surface area contributed by atoms with Crippen molar-refractivity contribution in [3.8, 4) is 0 Å². The summed E-state index contributed by atoms with van der Waals surface area (Å²) in [6.07, 6.45) is -4.30. The first-order valence-corrected chi connectivity index (χ1v) is 12.2. The molecule has 1 N–H and O–H groups in total. The van der Waals surface area contributed by atoms with Gasteiger partial charge in [0.2, 0.25) is 0 Å². The third-order valence-corrected chi connectivity index (χ3v) is 10.4. The van der Waals surface area contributed by atoms with Gasteiger partial charge in [0.25, 0.3) is 0 Å². The Morgan fingerprint density at radius 3 is 2.35 bits per heavy atom. The summed E-state index contributed by atoms with van der Waals surface area (Å²) in [6, 6.07) is 7.70. The zero-order valence-electron chi connectivity index (χ0n) is 16.4. The van der Waals surface area contributed by atoms with Crippen molar-refractivity contribution in [3.63, 3.8) is 0 Å². The number of rotatable bonds is 2. The van der Waals surface area contributed by atoms with Crippen LogP contribution >= 0.6 is 26.0 Å². The number of aromatic nitrogens is 2. The number of hydrogen-bond acceptors (Lipinski definition) is 3. The van der Waals surface area contributed by atoms with Crippen LogP contribution in [0.1, 0.15) is 30.8 Å². The Hall–Kier alpha value is -2.07. The summed E-state index contributed by atoms with van der Waals surface area (Å²) in [6.45, 7) is 3.54. The van der Waals surface area contributed by atoms with Crippen molar-refractivity contribution >= 4 is 42.6 Å². The normalized spacial score (nSPS) is 18.3. The van der Waals surface area contributed by atoms with Crippen molar-refractivity contribution in [1.82, 2.24) is 9.97 Å². The Balaban J connectivity index is 2.17. The van der Waals surface area contributed by atoms with E-state index < -0.39 is 39.1 Å². The van der Waals surface area contributed by atoms with Gasteiger partial charge in [-0.1, -0.05) is 35.8 Å². The molecule has 0 amide bonds. The molecule has 0 saturated heterocycles. The van der Waals surface area contributed by atoms with Gasteiger partial charge in [-0.3, -0.25) is 10.4 Å². The number of nitrogens with one attached hydrogen (secondary N) is 1. The number of nitrogens with zero attached hydrogens (tertiary/aromatic N) is 2. The van der Waals surface area contributed by atoms with E-state index in [1.54, 1.807) is 38.1 Å². The van der Waals surface area contributed by atoms with Crippen LogP contribution in [0.2, 0.25) is 0 Å². The third kappa shape index (κ3) is 3.26. The second-order valence-corrected chi connectivity index (χ2v) is 11.9. The summed E-state index contributed by atoms with van der Waals surface area (Å²) in [5.74, 6) is -3.24. The Kier molecular flexibility index (Phi) is 5.16. The van der Waals surface area contributed by atoms with Gasteiger partial charge in [-0.2, -0.15) is 32.0 Å². The quantitative estimate of drug-likeness (QED) is 0.367. The van der Waals surface area contributed by atoms with Crippen LogP contribution in [0.4, 0.5) is 22.0 Å². The highest BCUT2D eigenvalue weighted by Crippen LogP contribution is 2.67. The lowest BCUT2D eigenvalue weighted by Crippen LogP contribution is -2.28. The largest absolute Gasteiger partial charge is 0.417 e. The molecule has 164 valence electrons. The van der Waals surface area contributed by atoms with E-state index in [0.717, 1.165) is 6.07 Å². The molecule has 0 radical (unpaired) electrons. The second-order valence-electron chi connectivity index (χ2n) is 7.15. The van der Waals surface area contributed by atoms with E-state index in [1.165, 1.54) is 0 Å².